The van der Waals surface area contributed by atoms with Crippen molar-refractivity contribution in [2.75, 3.05) is 12.4 Å². The van der Waals surface area contributed by atoms with Gasteiger partial charge in [-0.05, 0) is 47.1 Å². The second kappa shape index (κ2) is 9.54. The van der Waals surface area contributed by atoms with Crippen LogP contribution in [0, 0.1) is 0 Å². The number of anilines is 1. The average molecular weight is 492 g/mol. The smallest absolute Gasteiger partial charge is 0.425 e. The Morgan fingerprint density at radius 1 is 1.06 bits per heavy atom. The van der Waals surface area contributed by atoms with Crippen LogP contribution in [0.3, 0.4) is 0 Å². The van der Waals surface area contributed by atoms with Crippen molar-refractivity contribution in [2.45, 2.75) is 64.9 Å². The van der Waals surface area contributed by atoms with Gasteiger partial charge in [-0.1, -0.05) is 41.9 Å². The first kappa shape index (κ1) is 25.4. The third-order valence-corrected chi connectivity index (χ3v) is 4.57. The van der Waals surface area contributed by atoms with E-state index in [1.807, 2.05) is 30.3 Å². The molecule has 0 bridgehead atoms. The Balaban J connectivity index is 2.10. The molecule has 10 nitrogen and oxygen atoms in total. The van der Waals surface area contributed by atoms with Gasteiger partial charge in [-0.25, -0.2) is 14.6 Å². The van der Waals surface area contributed by atoms with Crippen LogP contribution in [0.1, 0.15) is 52.8 Å². The number of nitrogens with one attached hydrogen (secondary N) is 1. The largest absolute Gasteiger partial charge is 0.468 e. The molecule has 2 amide bonds. The van der Waals surface area contributed by atoms with Crippen LogP contribution >= 0.6 is 11.6 Å². The molecule has 1 aliphatic rings. The molecule has 0 fully saturated rings. The van der Waals surface area contributed by atoms with Gasteiger partial charge in [0, 0.05) is 0 Å². The standard InChI is InChI=1S/C23H30ClN5O5/c1-22(2,3)33-20(30)29(21(31)34-23(4,5)6)17-15-16(26-18(24)27-17)28(19(25-15)32-7)13-14-11-9-8-10-12-14/h8-12,18,26H,13H2,1-7H3. The first-order valence-electron chi connectivity index (χ1n) is 10.7. The summed E-state index contributed by atoms with van der Waals surface area (Å²) < 4.78 is 18.2. The van der Waals surface area contributed by atoms with Gasteiger partial charge in [0.25, 0.3) is 6.01 Å². The van der Waals surface area contributed by atoms with E-state index in [4.69, 9.17) is 25.8 Å². The van der Waals surface area contributed by atoms with E-state index in [0.29, 0.717) is 17.3 Å². The first-order valence-corrected chi connectivity index (χ1v) is 11.2. The maximum atomic E-state index is 13.1. The number of hydrogen-bond donors (Lipinski definition) is 1. The molecule has 3 rings (SSSR count). The fourth-order valence-corrected chi connectivity index (χ4v) is 3.34. The Morgan fingerprint density at radius 3 is 2.12 bits per heavy atom. The summed E-state index contributed by atoms with van der Waals surface area (Å²) in [7, 11) is 1.48. The van der Waals surface area contributed by atoms with Gasteiger partial charge in [0.05, 0.1) is 13.7 Å². The molecule has 184 valence electrons. The number of carbonyl (C=O) groups is 2. The Kier molecular flexibility index (Phi) is 7.11. The summed E-state index contributed by atoms with van der Waals surface area (Å²) in [6.45, 7) is 10.5. The van der Waals surface area contributed by atoms with Crippen molar-refractivity contribution in [3.05, 3.63) is 41.6 Å². The number of benzene rings is 1. The van der Waals surface area contributed by atoms with Crippen molar-refractivity contribution in [3.63, 3.8) is 0 Å². The molecule has 2 heterocycles. The predicted molar refractivity (Wildman–Crippen MR) is 128 cm³/mol. The third-order valence-electron chi connectivity index (χ3n) is 4.37. The second-order valence-electron chi connectivity index (χ2n) is 9.60. The Labute approximate surface area is 203 Å². The summed E-state index contributed by atoms with van der Waals surface area (Å²) in [6, 6.07) is 9.91. The van der Waals surface area contributed by atoms with E-state index >= 15 is 0 Å². The molecule has 2 aromatic rings. The molecule has 0 aliphatic carbocycles. The number of aromatic nitrogens is 2. The van der Waals surface area contributed by atoms with E-state index in [1.54, 1.807) is 46.1 Å². The lowest BCUT2D eigenvalue weighted by atomic mass is 10.2. The number of aliphatic imine (C=N–C) groups is 1. The number of alkyl halides is 1. The number of amidine groups is 1. The molecule has 1 aromatic heterocycles. The Morgan fingerprint density at radius 2 is 1.62 bits per heavy atom. The summed E-state index contributed by atoms with van der Waals surface area (Å²) in [4.78, 5) is 35.8. The van der Waals surface area contributed by atoms with Crippen LogP contribution in [0.15, 0.2) is 35.3 Å². The zero-order chi connectivity index (χ0) is 25.3. The van der Waals surface area contributed by atoms with E-state index in [0.717, 1.165) is 5.56 Å². The highest BCUT2D eigenvalue weighted by Gasteiger charge is 2.40. The number of amides is 2. The van der Waals surface area contributed by atoms with E-state index in [2.05, 4.69) is 15.3 Å². The van der Waals surface area contributed by atoms with E-state index in [1.165, 1.54) is 7.11 Å². The molecule has 0 saturated heterocycles. The summed E-state index contributed by atoms with van der Waals surface area (Å²) in [5.74, 6) is 0.324. The molecule has 1 atom stereocenters. The molecule has 0 radical (unpaired) electrons. The summed E-state index contributed by atoms with van der Waals surface area (Å²) in [6.07, 6.45) is -1.93. The van der Waals surface area contributed by atoms with Crippen LogP contribution in [0.4, 0.5) is 15.4 Å². The molecule has 34 heavy (non-hydrogen) atoms. The number of ether oxygens (including phenoxy) is 3. The monoisotopic (exact) mass is 491 g/mol. The van der Waals surface area contributed by atoms with Gasteiger partial charge < -0.3 is 19.5 Å². The number of halogens is 1. The first-order chi connectivity index (χ1) is 15.8. The van der Waals surface area contributed by atoms with Crippen molar-refractivity contribution in [3.8, 4) is 6.01 Å². The van der Waals surface area contributed by atoms with Crippen molar-refractivity contribution in [1.29, 1.82) is 0 Å². The van der Waals surface area contributed by atoms with Crippen molar-refractivity contribution in [1.82, 2.24) is 14.5 Å². The molecule has 0 spiro atoms. The average Bonchev–Trinajstić information content (AvgIpc) is 3.03. The minimum atomic E-state index is -0.995. The van der Waals surface area contributed by atoms with Crippen LogP contribution in [0.25, 0.3) is 0 Å². The maximum Gasteiger partial charge on any atom is 0.425 e. The van der Waals surface area contributed by atoms with Crippen molar-refractivity contribution < 1.29 is 23.8 Å². The topological polar surface area (TPSA) is 107 Å². The van der Waals surface area contributed by atoms with Gasteiger partial charge in [0.1, 0.15) is 17.0 Å². The zero-order valence-electron chi connectivity index (χ0n) is 20.4. The van der Waals surface area contributed by atoms with Gasteiger partial charge in [-0.2, -0.15) is 9.88 Å². The highest BCUT2D eigenvalue weighted by molar-refractivity contribution is 6.25. The number of hydrogen-bond acceptors (Lipinski definition) is 8. The number of fused-ring (bicyclic) bond motifs is 1. The number of nitrogens with zero attached hydrogens (tertiary/aromatic N) is 4. The molecule has 1 aliphatic heterocycles. The number of rotatable bonds is 3. The molecular weight excluding hydrogens is 462 g/mol. The van der Waals surface area contributed by atoms with Crippen molar-refractivity contribution in [2.24, 2.45) is 4.99 Å². The quantitative estimate of drug-likeness (QED) is 0.485. The van der Waals surface area contributed by atoms with Crippen LogP contribution < -0.4 is 10.1 Å². The predicted octanol–water partition coefficient (Wildman–Crippen LogP) is 4.81. The highest BCUT2D eigenvalue weighted by atomic mass is 35.5. The molecule has 1 aromatic carbocycles. The van der Waals surface area contributed by atoms with Gasteiger partial charge in [0.15, 0.2) is 17.2 Å². The highest BCUT2D eigenvalue weighted by Crippen LogP contribution is 2.32. The lowest BCUT2D eigenvalue weighted by Gasteiger charge is -2.30. The SMILES string of the molecule is COc1nc2c(n1Cc1ccccc1)NC(Cl)N=C2N(C(=O)OC(C)(C)C)C(=O)OC(C)(C)C. The van der Waals surface area contributed by atoms with Crippen molar-refractivity contribution >= 4 is 35.4 Å². The number of carbonyl (C=O) groups excluding carboxylic acids is 2. The van der Waals surface area contributed by atoms with Gasteiger partial charge in [-0.15, -0.1) is 0 Å². The van der Waals surface area contributed by atoms with Gasteiger partial charge in [-0.3, -0.25) is 4.57 Å². The zero-order valence-corrected chi connectivity index (χ0v) is 21.1. The minimum absolute atomic E-state index is 0.109. The second-order valence-corrected chi connectivity index (χ2v) is 10.0. The minimum Gasteiger partial charge on any atom is -0.468 e. The number of methoxy groups -OCH3 is 1. The normalized spacial score (nSPS) is 15.5. The molecule has 1 unspecified atom stereocenters. The van der Waals surface area contributed by atoms with Crippen LogP contribution in [0.2, 0.25) is 0 Å². The summed E-state index contributed by atoms with van der Waals surface area (Å²) in [5.41, 5.74) is -1.57. The molecular formula is C23H30ClN5O5. The maximum absolute atomic E-state index is 13.1. The van der Waals surface area contributed by atoms with E-state index < -0.39 is 29.0 Å². The number of imidazole rings is 1. The van der Waals surface area contributed by atoms with E-state index in [9.17, 15) is 9.59 Å². The van der Waals surface area contributed by atoms with E-state index in [-0.39, 0.29) is 17.5 Å². The lowest BCUT2D eigenvalue weighted by molar-refractivity contribution is 0.0147. The summed E-state index contributed by atoms with van der Waals surface area (Å²) >= 11 is 6.37. The molecule has 1 N–H and O–H groups in total. The fourth-order valence-electron chi connectivity index (χ4n) is 3.14. The molecule has 11 heteroatoms. The summed E-state index contributed by atoms with van der Waals surface area (Å²) in [5, 5.41) is 3.03. The van der Waals surface area contributed by atoms with Crippen LogP contribution in [0.5, 0.6) is 6.01 Å². The van der Waals surface area contributed by atoms with Gasteiger partial charge >= 0.3 is 12.2 Å². The molecule has 0 saturated carbocycles. The fraction of sp³-hybridized carbons (Fsp3) is 0.478. The van der Waals surface area contributed by atoms with Gasteiger partial charge in [0.2, 0.25) is 0 Å². The Bertz CT molecular complexity index is 1060. The third kappa shape index (κ3) is 5.99. The van der Waals surface area contributed by atoms with Crippen LogP contribution in [-0.4, -0.2) is 56.4 Å². The van der Waals surface area contributed by atoms with Crippen LogP contribution in [-0.2, 0) is 16.0 Å². The Hall–Kier alpha value is -3.27. The number of imide groups is 1. The lowest BCUT2D eigenvalue weighted by Crippen LogP contribution is -2.48.